The maximum absolute atomic E-state index is 12.7. The van der Waals surface area contributed by atoms with Crippen LogP contribution in [-0.4, -0.2) is 42.0 Å². The maximum atomic E-state index is 12.7. The number of piperazine rings is 1. The third kappa shape index (κ3) is 3.75. The standard InChI is InChI=1S/C17H20BrN3OS/c1-2-5-14-13(18)12-15(23-14)17(22)21-10-8-20(9-11-21)16-6-3-4-7-19-16/h3-4,6-7,12H,2,5,8-11H2,1H3. The van der Waals surface area contributed by atoms with Crippen molar-refractivity contribution in [3.05, 3.63) is 44.7 Å². The summed E-state index contributed by atoms with van der Waals surface area (Å²) in [5, 5.41) is 0. The van der Waals surface area contributed by atoms with E-state index in [1.54, 1.807) is 11.3 Å². The molecule has 0 atom stereocenters. The van der Waals surface area contributed by atoms with Gasteiger partial charge < -0.3 is 9.80 Å². The van der Waals surface area contributed by atoms with E-state index in [1.807, 2.05) is 35.4 Å². The summed E-state index contributed by atoms with van der Waals surface area (Å²) in [4.78, 5) is 23.4. The van der Waals surface area contributed by atoms with Crippen LogP contribution >= 0.6 is 27.3 Å². The lowest BCUT2D eigenvalue weighted by atomic mass is 10.2. The van der Waals surface area contributed by atoms with Gasteiger partial charge in [0.25, 0.3) is 5.91 Å². The summed E-state index contributed by atoms with van der Waals surface area (Å²) in [5.41, 5.74) is 0. The molecule has 3 rings (SSSR count). The third-order valence-corrected chi connectivity index (χ3v) is 6.14. The van der Waals surface area contributed by atoms with Crippen molar-refractivity contribution >= 4 is 39.0 Å². The van der Waals surface area contributed by atoms with Gasteiger partial charge in [-0.2, -0.15) is 0 Å². The Morgan fingerprint density at radius 1 is 1.30 bits per heavy atom. The summed E-state index contributed by atoms with van der Waals surface area (Å²) in [6.45, 7) is 5.31. The van der Waals surface area contributed by atoms with Crippen LogP contribution in [0.5, 0.6) is 0 Å². The van der Waals surface area contributed by atoms with Gasteiger partial charge in [0.2, 0.25) is 0 Å². The molecule has 23 heavy (non-hydrogen) atoms. The van der Waals surface area contributed by atoms with Gasteiger partial charge in [-0.25, -0.2) is 4.98 Å². The molecule has 0 unspecified atom stereocenters. The molecule has 2 aromatic rings. The Kier molecular flexibility index (Phi) is 5.33. The quantitative estimate of drug-likeness (QED) is 0.791. The number of rotatable bonds is 4. The normalized spacial score (nSPS) is 15.0. The summed E-state index contributed by atoms with van der Waals surface area (Å²) >= 11 is 5.19. The Labute approximate surface area is 149 Å². The Balaban J connectivity index is 1.63. The number of amides is 1. The van der Waals surface area contributed by atoms with Crippen LogP contribution < -0.4 is 4.90 Å². The van der Waals surface area contributed by atoms with E-state index in [4.69, 9.17) is 0 Å². The molecule has 1 amide bonds. The van der Waals surface area contributed by atoms with E-state index in [-0.39, 0.29) is 5.91 Å². The van der Waals surface area contributed by atoms with Crippen molar-refractivity contribution in [2.75, 3.05) is 31.1 Å². The number of anilines is 1. The Bertz CT molecular complexity index is 666. The topological polar surface area (TPSA) is 36.4 Å². The molecule has 1 saturated heterocycles. The second-order valence-corrected chi connectivity index (χ2v) is 7.59. The van der Waals surface area contributed by atoms with Gasteiger partial charge in [0.05, 0.1) is 4.88 Å². The van der Waals surface area contributed by atoms with Crippen LogP contribution in [0.25, 0.3) is 0 Å². The van der Waals surface area contributed by atoms with E-state index in [0.29, 0.717) is 0 Å². The lowest BCUT2D eigenvalue weighted by Crippen LogP contribution is -2.48. The Hall–Kier alpha value is -1.40. The predicted octanol–water partition coefficient (Wildman–Crippen LogP) is 3.82. The number of hydrogen-bond donors (Lipinski definition) is 0. The van der Waals surface area contributed by atoms with Gasteiger partial charge in [-0.1, -0.05) is 19.4 Å². The number of thiophene rings is 1. The summed E-state index contributed by atoms with van der Waals surface area (Å²) < 4.78 is 1.07. The van der Waals surface area contributed by atoms with Gasteiger partial charge in [0, 0.05) is 41.7 Å². The minimum atomic E-state index is 0.152. The monoisotopic (exact) mass is 393 g/mol. The number of aryl methyl sites for hydroxylation is 1. The van der Waals surface area contributed by atoms with Gasteiger partial charge in [-0.3, -0.25) is 4.79 Å². The van der Waals surface area contributed by atoms with Crippen molar-refractivity contribution in [3.8, 4) is 0 Å². The molecule has 3 heterocycles. The first kappa shape index (κ1) is 16.5. The van der Waals surface area contributed by atoms with Crippen molar-refractivity contribution in [2.24, 2.45) is 0 Å². The van der Waals surface area contributed by atoms with Crippen molar-refractivity contribution in [2.45, 2.75) is 19.8 Å². The molecule has 1 aliphatic rings. The molecule has 6 heteroatoms. The SMILES string of the molecule is CCCc1sc(C(=O)N2CCN(c3ccccn3)CC2)cc1Br. The molecule has 2 aromatic heterocycles. The van der Waals surface area contributed by atoms with E-state index in [1.165, 1.54) is 4.88 Å². The lowest BCUT2D eigenvalue weighted by Gasteiger charge is -2.35. The second-order valence-electron chi connectivity index (χ2n) is 5.60. The van der Waals surface area contributed by atoms with Gasteiger partial charge >= 0.3 is 0 Å². The molecule has 0 aliphatic carbocycles. The highest BCUT2D eigenvalue weighted by Crippen LogP contribution is 2.29. The molecule has 1 fully saturated rings. The molecule has 0 N–H and O–H groups in total. The summed E-state index contributed by atoms with van der Waals surface area (Å²) in [7, 11) is 0. The Morgan fingerprint density at radius 3 is 2.74 bits per heavy atom. The summed E-state index contributed by atoms with van der Waals surface area (Å²) in [6, 6.07) is 7.91. The minimum absolute atomic E-state index is 0.152. The van der Waals surface area contributed by atoms with Crippen LogP contribution in [0.15, 0.2) is 34.9 Å². The second kappa shape index (κ2) is 7.45. The van der Waals surface area contributed by atoms with E-state index in [2.05, 4.69) is 32.7 Å². The highest BCUT2D eigenvalue weighted by atomic mass is 79.9. The van der Waals surface area contributed by atoms with Crippen LogP contribution in [0.3, 0.4) is 0 Å². The highest BCUT2D eigenvalue weighted by Gasteiger charge is 2.24. The number of pyridine rings is 1. The minimum Gasteiger partial charge on any atom is -0.353 e. The zero-order chi connectivity index (χ0) is 16.2. The average molecular weight is 394 g/mol. The number of hydrogen-bond acceptors (Lipinski definition) is 4. The van der Waals surface area contributed by atoms with Gasteiger partial charge in [-0.15, -0.1) is 11.3 Å². The Morgan fingerprint density at radius 2 is 2.09 bits per heavy atom. The van der Waals surface area contributed by atoms with Crippen molar-refractivity contribution in [1.29, 1.82) is 0 Å². The van der Waals surface area contributed by atoms with Crippen LogP contribution in [0.2, 0.25) is 0 Å². The molecule has 1 aliphatic heterocycles. The lowest BCUT2D eigenvalue weighted by molar-refractivity contribution is 0.0751. The van der Waals surface area contributed by atoms with Crippen molar-refractivity contribution in [1.82, 2.24) is 9.88 Å². The fraction of sp³-hybridized carbons (Fsp3) is 0.412. The fourth-order valence-corrected chi connectivity index (χ4v) is 4.69. The number of carbonyl (C=O) groups excluding carboxylic acids is 1. The molecule has 4 nitrogen and oxygen atoms in total. The molecule has 0 spiro atoms. The average Bonchev–Trinajstić information content (AvgIpc) is 2.96. The zero-order valence-electron chi connectivity index (χ0n) is 13.2. The number of carbonyl (C=O) groups is 1. The maximum Gasteiger partial charge on any atom is 0.264 e. The zero-order valence-corrected chi connectivity index (χ0v) is 15.6. The highest BCUT2D eigenvalue weighted by molar-refractivity contribution is 9.10. The fourth-order valence-electron chi connectivity index (χ4n) is 2.74. The smallest absolute Gasteiger partial charge is 0.264 e. The van der Waals surface area contributed by atoms with Crippen LogP contribution in [0.4, 0.5) is 5.82 Å². The first-order valence-corrected chi connectivity index (χ1v) is 9.53. The molecular formula is C17H20BrN3OS. The van der Waals surface area contributed by atoms with E-state index in [9.17, 15) is 4.79 Å². The van der Waals surface area contributed by atoms with Crippen LogP contribution in [-0.2, 0) is 6.42 Å². The molecule has 122 valence electrons. The third-order valence-electron chi connectivity index (χ3n) is 3.99. The summed E-state index contributed by atoms with van der Waals surface area (Å²) in [5.74, 6) is 1.14. The number of nitrogens with zero attached hydrogens (tertiary/aromatic N) is 3. The van der Waals surface area contributed by atoms with Crippen molar-refractivity contribution in [3.63, 3.8) is 0 Å². The molecule has 0 aromatic carbocycles. The molecular weight excluding hydrogens is 374 g/mol. The molecule has 0 bridgehead atoms. The molecule has 0 radical (unpaired) electrons. The summed E-state index contributed by atoms with van der Waals surface area (Å²) in [6.07, 6.45) is 3.92. The number of halogens is 1. The largest absolute Gasteiger partial charge is 0.353 e. The van der Waals surface area contributed by atoms with Crippen molar-refractivity contribution < 1.29 is 4.79 Å². The van der Waals surface area contributed by atoms with E-state index < -0.39 is 0 Å². The van der Waals surface area contributed by atoms with Gasteiger partial charge in [-0.05, 0) is 40.5 Å². The molecule has 0 saturated carbocycles. The van der Waals surface area contributed by atoms with Gasteiger partial charge in [0.1, 0.15) is 5.82 Å². The first-order chi connectivity index (χ1) is 11.2. The van der Waals surface area contributed by atoms with E-state index in [0.717, 1.165) is 54.2 Å². The first-order valence-electron chi connectivity index (χ1n) is 7.92. The van der Waals surface area contributed by atoms with Gasteiger partial charge in [0.15, 0.2) is 0 Å². The van der Waals surface area contributed by atoms with E-state index >= 15 is 0 Å². The van der Waals surface area contributed by atoms with Crippen LogP contribution in [0, 0.1) is 0 Å². The predicted molar refractivity (Wildman–Crippen MR) is 98.4 cm³/mol. The van der Waals surface area contributed by atoms with Crippen LogP contribution in [0.1, 0.15) is 27.9 Å². The number of aromatic nitrogens is 1.